The second-order valence-electron chi connectivity index (χ2n) is 4.72. The molecule has 0 atom stereocenters. The molecule has 0 aliphatic rings. The monoisotopic (exact) mass is 331 g/mol. The van der Waals surface area contributed by atoms with E-state index in [0.29, 0.717) is 48.4 Å². The van der Waals surface area contributed by atoms with Crippen LogP contribution in [0.15, 0.2) is 47.6 Å². The molecule has 2 aromatic rings. The molecular weight excluding hydrogens is 310 g/mol. The minimum atomic E-state index is 0.319. The Bertz CT molecular complexity index is 672. The number of para-hydroxylation sites is 2. The van der Waals surface area contributed by atoms with Crippen LogP contribution in [-0.2, 0) is 0 Å². The van der Waals surface area contributed by atoms with Gasteiger partial charge >= 0.3 is 0 Å². The zero-order valence-corrected chi connectivity index (χ0v) is 13.8. The lowest BCUT2D eigenvalue weighted by molar-refractivity contribution is 0.208. The summed E-state index contributed by atoms with van der Waals surface area (Å²) in [5, 5.41) is 11.8. The third-order valence-corrected chi connectivity index (χ3v) is 3.17. The van der Waals surface area contributed by atoms with Gasteiger partial charge in [-0.2, -0.15) is 0 Å². The Kier molecular flexibility index (Phi) is 6.76. The maximum Gasteiger partial charge on any atom is 0.161 e. The first-order chi connectivity index (χ1) is 11.8. The largest absolute Gasteiger partial charge is 0.497 e. The summed E-state index contributed by atoms with van der Waals surface area (Å²) in [5.74, 6) is 2.58. The lowest BCUT2D eigenvalue weighted by Crippen LogP contribution is -2.10. The van der Waals surface area contributed by atoms with Crippen LogP contribution in [0.1, 0.15) is 12.5 Å². The fourth-order valence-electron chi connectivity index (χ4n) is 2.08. The summed E-state index contributed by atoms with van der Waals surface area (Å²) >= 11 is 0. The molecular formula is C18H21NO5. The standard InChI is InChI=1S/C18H21NO5/c1-3-22-16-6-4-5-7-17(16)23-10-11-24-18-12-15(21-2)9-8-14(18)13-19-20/h4-9,12-13,20H,3,10-11H2,1-2H3. The number of ether oxygens (including phenoxy) is 4. The van der Waals surface area contributed by atoms with E-state index in [9.17, 15) is 0 Å². The van der Waals surface area contributed by atoms with Gasteiger partial charge in [0.1, 0.15) is 24.7 Å². The van der Waals surface area contributed by atoms with E-state index >= 15 is 0 Å². The Morgan fingerprint density at radius 1 is 0.958 bits per heavy atom. The smallest absolute Gasteiger partial charge is 0.161 e. The van der Waals surface area contributed by atoms with Gasteiger partial charge in [-0.1, -0.05) is 17.3 Å². The van der Waals surface area contributed by atoms with Crippen molar-refractivity contribution in [3.63, 3.8) is 0 Å². The van der Waals surface area contributed by atoms with Crippen molar-refractivity contribution < 1.29 is 24.2 Å². The fraction of sp³-hybridized carbons (Fsp3) is 0.278. The van der Waals surface area contributed by atoms with Crippen molar-refractivity contribution in [2.75, 3.05) is 26.9 Å². The van der Waals surface area contributed by atoms with Crippen molar-refractivity contribution >= 4 is 6.21 Å². The Balaban J connectivity index is 1.95. The maximum atomic E-state index is 8.72. The molecule has 0 saturated carbocycles. The first kappa shape index (κ1) is 17.5. The van der Waals surface area contributed by atoms with Gasteiger partial charge in [-0.15, -0.1) is 0 Å². The molecule has 0 aliphatic heterocycles. The van der Waals surface area contributed by atoms with E-state index in [0.717, 1.165) is 0 Å². The van der Waals surface area contributed by atoms with Crippen molar-refractivity contribution in [3.05, 3.63) is 48.0 Å². The first-order valence-corrected chi connectivity index (χ1v) is 7.61. The molecule has 0 aromatic heterocycles. The van der Waals surface area contributed by atoms with E-state index < -0.39 is 0 Å². The topological polar surface area (TPSA) is 69.5 Å². The number of rotatable bonds is 9. The van der Waals surface area contributed by atoms with E-state index in [1.807, 2.05) is 31.2 Å². The average molecular weight is 331 g/mol. The molecule has 24 heavy (non-hydrogen) atoms. The highest BCUT2D eigenvalue weighted by molar-refractivity contribution is 5.83. The highest BCUT2D eigenvalue weighted by atomic mass is 16.5. The zero-order chi connectivity index (χ0) is 17.2. The van der Waals surface area contributed by atoms with E-state index in [2.05, 4.69) is 5.16 Å². The number of hydrogen-bond donors (Lipinski definition) is 1. The normalized spacial score (nSPS) is 10.6. The van der Waals surface area contributed by atoms with E-state index in [1.165, 1.54) is 6.21 Å². The number of hydrogen-bond acceptors (Lipinski definition) is 6. The summed E-state index contributed by atoms with van der Waals surface area (Å²) in [6.45, 7) is 3.16. The van der Waals surface area contributed by atoms with Crippen LogP contribution in [0.2, 0.25) is 0 Å². The molecule has 1 N–H and O–H groups in total. The third kappa shape index (κ3) is 4.81. The van der Waals surface area contributed by atoms with Gasteiger partial charge < -0.3 is 24.2 Å². The second kappa shape index (κ2) is 9.29. The average Bonchev–Trinajstić information content (AvgIpc) is 2.61. The Labute approximate surface area is 141 Å². The molecule has 0 fully saturated rings. The van der Waals surface area contributed by atoms with Crippen molar-refractivity contribution in [2.45, 2.75) is 6.92 Å². The lowest BCUT2D eigenvalue weighted by atomic mass is 10.2. The molecule has 2 rings (SSSR count). The first-order valence-electron chi connectivity index (χ1n) is 7.61. The molecule has 0 aliphatic carbocycles. The van der Waals surface area contributed by atoms with Gasteiger partial charge in [0.25, 0.3) is 0 Å². The molecule has 128 valence electrons. The van der Waals surface area contributed by atoms with Crippen molar-refractivity contribution in [2.24, 2.45) is 5.16 Å². The summed E-state index contributed by atoms with van der Waals surface area (Å²) in [7, 11) is 1.58. The molecule has 0 unspecified atom stereocenters. The molecule has 0 heterocycles. The van der Waals surface area contributed by atoms with Crippen molar-refractivity contribution in [1.82, 2.24) is 0 Å². The van der Waals surface area contributed by atoms with Crippen LogP contribution in [0.3, 0.4) is 0 Å². The molecule has 0 saturated heterocycles. The Morgan fingerprint density at radius 3 is 2.25 bits per heavy atom. The van der Waals surface area contributed by atoms with Crippen molar-refractivity contribution in [1.29, 1.82) is 0 Å². The van der Waals surface area contributed by atoms with Gasteiger partial charge in [-0.05, 0) is 31.2 Å². The summed E-state index contributed by atoms with van der Waals surface area (Å²) in [6, 6.07) is 12.7. The molecule has 0 spiro atoms. The summed E-state index contributed by atoms with van der Waals surface area (Å²) in [6.07, 6.45) is 1.31. The van der Waals surface area contributed by atoms with Crippen LogP contribution >= 0.6 is 0 Å². The van der Waals surface area contributed by atoms with Crippen molar-refractivity contribution in [3.8, 4) is 23.0 Å². The van der Waals surface area contributed by atoms with Gasteiger partial charge in [0.05, 0.1) is 19.9 Å². The highest BCUT2D eigenvalue weighted by Gasteiger charge is 2.06. The predicted molar refractivity (Wildman–Crippen MR) is 91.0 cm³/mol. The second-order valence-corrected chi connectivity index (χ2v) is 4.72. The number of benzene rings is 2. The summed E-state index contributed by atoms with van der Waals surface area (Å²) in [5.41, 5.74) is 0.646. The third-order valence-electron chi connectivity index (χ3n) is 3.17. The minimum absolute atomic E-state index is 0.319. The maximum absolute atomic E-state index is 8.72. The van der Waals surface area contributed by atoms with E-state index in [1.54, 1.807) is 25.3 Å². The zero-order valence-electron chi connectivity index (χ0n) is 13.8. The van der Waals surface area contributed by atoms with E-state index in [4.69, 9.17) is 24.2 Å². The summed E-state index contributed by atoms with van der Waals surface area (Å²) < 4.78 is 22.1. The number of oxime groups is 1. The van der Waals surface area contributed by atoms with Crippen LogP contribution in [0, 0.1) is 0 Å². The minimum Gasteiger partial charge on any atom is -0.497 e. The highest BCUT2D eigenvalue weighted by Crippen LogP contribution is 2.27. The number of methoxy groups -OCH3 is 1. The molecule has 6 nitrogen and oxygen atoms in total. The Morgan fingerprint density at radius 2 is 1.62 bits per heavy atom. The number of nitrogens with zero attached hydrogens (tertiary/aromatic N) is 1. The molecule has 0 bridgehead atoms. The van der Waals surface area contributed by atoms with Crippen LogP contribution in [-0.4, -0.2) is 38.4 Å². The van der Waals surface area contributed by atoms with Crippen LogP contribution < -0.4 is 18.9 Å². The molecule has 6 heteroatoms. The van der Waals surface area contributed by atoms with Crippen LogP contribution in [0.4, 0.5) is 0 Å². The predicted octanol–water partition coefficient (Wildman–Crippen LogP) is 3.36. The van der Waals surface area contributed by atoms with Gasteiger partial charge in [0.15, 0.2) is 11.5 Å². The summed E-state index contributed by atoms with van der Waals surface area (Å²) in [4.78, 5) is 0. The van der Waals surface area contributed by atoms with Gasteiger partial charge in [-0.3, -0.25) is 0 Å². The Hall–Kier alpha value is -2.89. The van der Waals surface area contributed by atoms with E-state index in [-0.39, 0.29) is 0 Å². The molecule has 0 radical (unpaired) electrons. The van der Waals surface area contributed by atoms with Gasteiger partial charge in [0, 0.05) is 11.6 Å². The lowest BCUT2D eigenvalue weighted by Gasteiger charge is -2.13. The van der Waals surface area contributed by atoms with Gasteiger partial charge in [-0.25, -0.2) is 0 Å². The van der Waals surface area contributed by atoms with Gasteiger partial charge in [0.2, 0.25) is 0 Å². The fourth-order valence-corrected chi connectivity index (χ4v) is 2.08. The van der Waals surface area contributed by atoms with Crippen LogP contribution in [0.25, 0.3) is 0 Å². The molecule has 0 amide bonds. The molecule has 2 aromatic carbocycles. The SMILES string of the molecule is CCOc1ccccc1OCCOc1cc(OC)ccc1C=NO. The quantitative estimate of drug-likeness (QED) is 0.330. The van der Waals surface area contributed by atoms with Crippen LogP contribution in [0.5, 0.6) is 23.0 Å².